The molecule has 27 heavy (non-hydrogen) atoms. The molecule has 4 heterocycles. The van der Waals surface area contributed by atoms with E-state index < -0.39 is 30.6 Å². The molecule has 5 rings (SSSR count). The van der Waals surface area contributed by atoms with Gasteiger partial charge in [0.05, 0.1) is 12.0 Å². The highest BCUT2D eigenvalue weighted by Crippen LogP contribution is 2.44. The number of nitrogen functional groups attached to an aromatic ring is 1. The molecule has 8 nitrogen and oxygen atoms in total. The summed E-state index contributed by atoms with van der Waals surface area (Å²) in [5.74, 6) is 0.339. The lowest BCUT2D eigenvalue weighted by molar-refractivity contribution is -0.104. The SMILES string of the molecule is Nc1ncnc2c1ccn2[C@@H]1O[C@H]([C@@H]2OCc3c(Cl)cccc32)[C@@H](O)[C@H]1O. The van der Waals surface area contributed by atoms with Crippen LogP contribution in [0.2, 0.25) is 5.02 Å². The van der Waals surface area contributed by atoms with E-state index in [1.807, 2.05) is 12.1 Å². The number of hydrogen-bond acceptors (Lipinski definition) is 7. The lowest BCUT2D eigenvalue weighted by Crippen LogP contribution is -2.34. The second kappa shape index (κ2) is 6.15. The van der Waals surface area contributed by atoms with Crippen molar-refractivity contribution in [2.45, 2.75) is 37.3 Å². The van der Waals surface area contributed by atoms with Crippen molar-refractivity contribution in [3.63, 3.8) is 0 Å². The summed E-state index contributed by atoms with van der Waals surface area (Å²) in [5, 5.41) is 22.6. The van der Waals surface area contributed by atoms with Crippen LogP contribution in [0.5, 0.6) is 0 Å². The predicted octanol–water partition coefficient (Wildman–Crippen LogP) is 1.56. The second-order valence-electron chi connectivity index (χ2n) is 6.73. The molecule has 1 aromatic carbocycles. The molecule has 140 valence electrons. The minimum Gasteiger partial charge on any atom is -0.387 e. The number of nitrogens with zero attached hydrogens (tertiary/aromatic N) is 3. The molecule has 2 aromatic heterocycles. The molecule has 2 aliphatic heterocycles. The summed E-state index contributed by atoms with van der Waals surface area (Å²) in [5.41, 5.74) is 8.14. The van der Waals surface area contributed by atoms with Gasteiger partial charge in [0.15, 0.2) is 6.23 Å². The summed E-state index contributed by atoms with van der Waals surface area (Å²) >= 11 is 6.23. The van der Waals surface area contributed by atoms with Gasteiger partial charge in [-0.2, -0.15) is 0 Å². The van der Waals surface area contributed by atoms with Crippen LogP contribution in [0.4, 0.5) is 5.82 Å². The molecule has 3 aromatic rings. The Kier molecular flexibility index (Phi) is 3.85. The second-order valence-corrected chi connectivity index (χ2v) is 7.14. The standard InChI is InChI=1S/C18H17ClN4O4/c19-11-3-1-2-8-10(11)6-26-14(8)15-12(24)13(25)18(27-15)23-5-4-9-16(20)21-7-22-17(9)23/h1-5,7,12-15,18,24-25H,6H2,(H2,20,21,22)/t12-,13+,14+,15-,18+/m0/s1. The molecule has 0 bridgehead atoms. The molecule has 5 atom stereocenters. The first kappa shape index (κ1) is 16.9. The molecule has 9 heteroatoms. The average molecular weight is 389 g/mol. The van der Waals surface area contributed by atoms with E-state index in [9.17, 15) is 10.2 Å². The van der Waals surface area contributed by atoms with E-state index in [1.54, 1.807) is 22.9 Å². The fourth-order valence-electron chi connectivity index (χ4n) is 3.89. The third-order valence-corrected chi connectivity index (χ3v) is 5.61. The maximum absolute atomic E-state index is 10.6. The Morgan fingerprint density at radius 3 is 2.89 bits per heavy atom. The van der Waals surface area contributed by atoms with Crippen molar-refractivity contribution in [1.29, 1.82) is 0 Å². The zero-order valence-corrected chi connectivity index (χ0v) is 14.8. The van der Waals surface area contributed by atoms with E-state index in [2.05, 4.69) is 9.97 Å². The summed E-state index contributed by atoms with van der Waals surface area (Å²) in [4.78, 5) is 8.19. The fourth-order valence-corrected chi connectivity index (χ4v) is 4.13. The van der Waals surface area contributed by atoms with Gasteiger partial charge in [-0.05, 0) is 17.7 Å². The highest BCUT2D eigenvalue weighted by Gasteiger charge is 2.50. The van der Waals surface area contributed by atoms with Gasteiger partial charge in [0, 0.05) is 16.8 Å². The van der Waals surface area contributed by atoms with Crippen molar-refractivity contribution in [1.82, 2.24) is 14.5 Å². The first-order valence-electron chi connectivity index (χ1n) is 8.54. The summed E-state index contributed by atoms with van der Waals surface area (Å²) in [6.45, 7) is 0.337. The van der Waals surface area contributed by atoms with Crippen molar-refractivity contribution in [3.05, 3.63) is 52.9 Å². The third-order valence-electron chi connectivity index (χ3n) is 5.26. The number of aliphatic hydroxyl groups is 2. The Morgan fingerprint density at radius 2 is 2.04 bits per heavy atom. The van der Waals surface area contributed by atoms with Crippen LogP contribution in [0.3, 0.4) is 0 Å². The Labute approximate surface area is 159 Å². The smallest absolute Gasteiger partial charge is 0.164 e. The first-order chi connectivity index (χ1) is 13.1. The number of aliphatic hydroxyl groups excluding tert-OH is 2. The lowest BCUT2D eigenvalue weighted by Gasteiger charge is -2.22. The highest BCUT2D eigenvalue weighted by atomic mass is 35.5. The van der Waals surface area contributed by atoms with Crippen molar-refractivity contribution >= 4 is 28.5 Å². The largest absolute Gasteiger partial charge is 0.387 e. The van der Waals surface area contributed by atoms with E-state index in [0.29, 0.717) is 28.5 Å². The molecule has 0 radical (unpaired) electrons. The Bertz CT molecular complexity index is 1030. The lowest BCUT2D eigenvalue weighted by atomic mass is 9.97. The number of aromatic nitrogens is 3. The number of hydrogen-bond donors (Lipinski definition) is 3. The Morgan fingerprint density at radius 1 is 1.19 bits per heavy atom. The number of rotatable bonds is 2. The molecule has 1 fully saturated rings. The molecule has 0 amide bonds. The minimum atomic E-state index is -1.16. The van der Waals surface area contributed by atoms with Crippen LogP contribution in [-0.2, 0) is 16.1 Å². The van der Waals surface area contributed by atoms with Crippen LogP contribution in [0.15, 0.2) is 36.8 Å². The van der Waals surface area contributed by atoms with Crippen LogP contribution in [0.1, 0.15) is 23.5 Å². The van der Waals surface area contributed by atoms with Gasteiger partial charge in [0.2, 0.25) is 0 Å². The number of anilines is 1. The third kappa shape index (κ3) is 2.45. The van der Waals surface area contributed by atoms with Gasteiger partial charge in [-0.15, -0.1) is 0 Å². The summed E-state index contributed by atoms with van der Waals surface area (Å²) in [7, 11) is 0. The topological polar surface area (TPSA) is 116 Å². The van der Waals surface area contributed by atoms with Gasteiger partial charge in [0.25, 0.3) is 0 Å². The molecule has 0 saturated carbocycles. The summed E-state index contributed by atoms with van der Waals surface area (Å²) < 4.78 is 13.5. The van der Waals surface area contributed by atoms with Crippen LogP contribution in [-0.4, -0.2) is 43.1 Å². The van der Waals surface area contributed by atoms with Crippen molar-refractivity contribution < 1.29 is 19.7 Å². The molecule has 0 spiro atoms. The van der Waals surface area contributed by atoms with E-state index in [4.69, 9.17) is 26.8 Å². The van der Waals surface area contributed by atoms with Crippen LogP contribution in [0, 0.1) is 0 Å². The minimum absolute atomic E-state index is 0.337. The van der Waals surface area contributed by atoms with Gasteiger partial charge < -0.3 is 30.0 Å². The normalized spacial score (nSPS) is 30.1. The number of benzene rings is 1. The molecule has 2 aliphatic rings. The van der Waals surface area contributed by atoms with Crippen molar-refractivity contribution in [2.24, 2.45) is 0 Å². The van der Waals surface area contributed by atoms with Gasteiger partial charge in [-0.1, -0.05) is 23.7 Å². The van der Waals surface area contributed by atoms with E-state index >= 15 is 0 Å². The van der Waals surface area contributed by atoms with Crippen molar-refractivity contribution in [3.8, 4) is 0 Å². The molecule has 0 unspecified atom stereocenters. The van der Waals surface area contributed by atoms with Crippen LogP contribution < -0.4 is 5.73 Å². The van der Waals surface area contributed by atoms with E-state index in [1.165, 1.54) is 6.33 Å². The summed E-state index contributed by atoms with van der Waals surface area (Å²) in [6.07, 6.45) is -1.34. The highest BCUT2D eigenvalue weighted by molar-refractivity contribution is 6.31. The fraction of sp³-hybridized carbons (Fsp3) is 0.333. The first-order valence-corrected chi connectivity index (χ1v) is 8.91. The Hall–Kier alpha value is -2.23. The molecule has 0 aliphatic carbocycles. The average Bonchev–Trinajstić information content (AvgIpc) is 3.34. The van der Waals surface area contributed by atoms with E-state index in [0.717, 1.165) is 11.1 Å². The van der Waals surface area contributed by atoms with Gasteiger partial charge in [-0.25, -0.2) is 9.97 Å². The summed E-state index contributed by atoms with van der Waals surface area (Å²) in [6, 6.07) is 7.28. The van der Waals surface area contributed by atoms with Gasteiger partial charge >= 0.3 is 0 Å². The Balaban J connectivity index is 1.50. The molecule has 1 saturated heterocycles. The van der Waals surface area contributed by atoms with Gasteiger partial charge in [-0.3, -0.25) is 0 Å². The molecular formula is C18H17ClN4O4. The van der Waals surface area contributed by atoms with E-state index in [-0.39, 0.29) is 0 Å². The quantitative estimate of drug-likeness (QED) is 0.610. The number of ether oxygens (including phenoxy) is 2. The zero-order valence-electron chi connectivity index (χ0n) is 14.1. The predicted molar refractivity (Wildman–Crippen MR) is 96.8 cm³/mol. The maximum atomic E-state index is 10.6. The number of nitrogens with two attached hydrogens (primary N) is 1. The van der Waals surface area contributed by atoms with Crippen molar-refractivity contribution in [2.75, 3.05) is 5.73 Å². The maximum Gasteiger partial charge on any atom is 0.164 e. The van der Waals surface area contributed by atoms with Crippen LogP contribution in [0.25, 0.3) is 11.0 Å². The molecule has 4 N–H and O–H groups in total. The van der Waals surface area contributed by atoms with Gasteiger partial charge in [0.1, 0.15) is 42.2 Å². The monoisotopic (exact) mass is 388 g/mol. The number of halogens is 1. The molecular weight excluding hydrogens is 372 g/mol. The zero-order chi connectivity index (χ0) is 18.7. The number of fused-ring (bicyclic) bond motifs is 2. The van der Waals surface area contributed by atoms with Crippen LogP contribution >= 0.6 is 11.6 Å².